The molecule has 2 aliphatic rings. The number of carbonyl (C=O) groups is 1. The van der Waals surface area contributed by atoms with Crippen LogP contribution in [-0.4, -0.2) is 39.9 Å². The van der Waals surface area contributed by atoms with Gasteiger partial charge in [0.1, 0.15) is 0 Å². The molecule has 6 nitrogen and oxygen atoms in total. The average molecular weight is 438 g/mol. The van der Waals surface area contributed by atoms with Crippen LogP contribution < -0.4 is 24.3 Å². The van der Waals surface area contributed by atoms with E-state index in [1.54, 1.807) is 21.3 Å². The lowest BCUT2D eigenvalue weighted by molar-refractivity contribution is -0.118. The first kappa shape index (κ1) is 22.1. The molecule has 2 aromatic carbocycles. The van der Waals surface area contributed by atoms with E-state index in [1.807, 2.05) is 30.3 Å². The Bertz CT molecular complexity index is 994. The van der Waals surface area contributed by atoms with Crippen molar-refractivity contribution in [2.75, 3.05) is 27.9 Å². The summed E-state index contributed by atoms with van der Waals surface area (Å²) >= 11 is 0. The third kappa shape index (κ3) is 4.85. The number of piperidine rings is 1. The first-order valence-electron chi connectivity index (χ1n) is 11.2. The van der Waals surface area contributed by atoms with Crippen LogP contribution in [0.25, 0.3) is 6.08 Å². The van der Waals surface area contributed by atoms with Crippen LogP contribution in [0.3, 0.4) is 0 Å². The molecule has 4 rings (SSSR count). The molecule has 0 bridgehead atoms. The Kier molecular flexibility index (Phi) is 6.88. The van der Waals surface area contributed by atoms with E-state index in [4.69, 9.17) is 18.9 Å². The molecule has 1 heterocycles. The van der Waals surface area contributed by atoms with Crippen LogP contribution in [0.5, 0.6) is 23.0 Å². The van der Waals surface area contributed by atoms with Crippen LogP contribution in [0.15, 0.2) is 42.0 Å². The van der Waals surface area contributed by atoms with E-state index in [9.17, 15) is 4.79 Å². The molecule has 2 fully saturated rings. The van der Waals surface area contributed by atoms with E-state index < -0.39 is 0 Å². The fraction of sp³-hybridized carbons (Fsp3) is 0.423. The van der Waals surface area contributed by atoms with E-state index in [-0.39, 0.29) is 17.9 Å². The van der Waals surface area contributed by atoms with E-state index in [0.717, 1.165) is 41.0 Å². The molecule has 1 unspecified atom stereocenters. The molecule has 1 saturated heterocycles. The summed E-state index contributed by atoms with van der Waals surface area (Å²) < 4.78 is 22.5. The molecule has 1 atom stereocenters. The number of methoxy groups -OCH3 is 3. The summed E-state index contributed by atoms with van der Waals surface area (Å²) in [6, 6.07) is 11.8. The largest absolute Gasteiger partial charge is 0.493 e. The highest BCUT2D eigenvalue weighted by molar-refractivity contribution is 5.98. The predicted octanol–water partition coefficient (Wildman–Crippen LogP) is 4.72. The molecule has 0 aromatic heterocycles. The maximum absolute atomic E-state index is 12.6. The van der Waals surface area contributed by atoms with Gasteiger partial charge in [-0.25, -0.2) is 0 Å². The van der Waals surface area contributed by atoms with Gasteiger partial charge >= 0.3 is 0 Å². The molecule has 1 aliphatic carbocycles. The third-order valence-electron chi connectivity index (χ3n) is 6.27. The quantitative estimate of drug-likeness (QED) is 0.635. The Morgan fingerprint density at radius 1 is 0.875 bits per heavy atom. The molecular weight excluding hydrogens is 406 g/mol. The van der Waals surface area contributed by atoms with Crippen LogP contribution in [0.2, 0.25) is 0 Å². The second-order valence-electron chi connectivity index (χ2n) is 8.33. The molecule has 32 heavy (non-hydrogen) atoms. The van der Waals surface area contributed by atoms with Gasteiger partial charge in [-0.1, -0.05) is 12.1 Å². The summed E-state index contributed by atoms with van der Waals surface area (Å²) in [6.07, 6.45) is 7.43. The van der Waals surface area contributed by atoms with Crippen molar-refractivity contribution < 1.29 is 23.7 Å². The Morgan fingerprint density at radius 2 is 1.56 bits per heavy atom. The Balaban J connectivity index is 1.56. The van der Waals surface area contributed by atoms with Crippen molar-refractivity contribution in [2.24, 2.45) is 0 Å². The fourth-order valence-corrected chi connectivity index (χ4v) is 4.49. The van der Waals surface area contributed by atoms with Gasteiger partial charge in [0.05, 0.1) is 27.4 Å². The maximum atomic E-state index is 12.6. The minimum absolute atomic E-state index is 0.0352. The highest BCUT2D eigenvalue weighted by atomic mass is 16.5. The number of rotatable bonds is 7. The molecule has 1 aliphatic heterocycles. The number of hydrogen-bond donors (Lipinski definition) is 1. The summed E-state index contributed by atoms with van der Waals surface area (Å²) in [5.74, 6) is 2.97. The van der Waals surface area contributed by atoms with E-state index >= 15 is 0 Å². The minimum atomic E-state index is -0.0352. The van der Waals surface area contributed by atoms with Crippen molar-refractivity contribution in [3.63, 3.8) is 0 Å². The minimum Gasteiger partial charge on any atom is -0.493 e. The number of amides is 1. The smallest absolute Gasteiger partial charge is 0.247 e. The standard InChI is InChI=1S/C26H31NO5/c1-29-22-10-8-17(13-24(22)31-3)12-19-14-20(16-27-26(19)28)18-9-11-23(30-2)25(15-18)32-21-6-4-5-7-21/h8-13,15,20-21H,4-7,14,16H2,1-3H3,(H,27,28). The lowest BCUT2D eigenvalue weighted by Gasteiger charge is -2.26. The molecule has 0 spiro atoms. The van der Waals surface area contributed by atoms with Crippen molar-refractivity contribution in [1.29, 1.82) is 0 Å². The first-order chi connectivity index (χ1) is 15.6. The molecule has 2 aromatic rings. The van der Waals surface area contributed by atoms with Gasteiger partial charge in [-0.2, -0.15) is 0 Å². The zero-order valence-corrected chi connectivity index (χ0v) is 19.0. The number of benzene rings is 2. The molecule has 1 saturated carbocycles. The number of carbonyl (C=O) groups excluding carboxylic acids is 1. The summed E-state index contributed by atoms with van der Waals surface area (Å²) in [7, 11) is 4.88. The monoisotopic (exact) mass is 437 g/mol. The van der Waals surface area contributed by atoms with Gasteiger partial charge in [-0.05, 0) is 73.6 Å². The predicted molar refractivity (Wildman–Crippen MR) is 124 cm³/mol. The summed E-state index contributed by atoms with van der Waals surface area (Å²) in [5.41, 5.74) is 2.77. The lowest BCUT2D eigenvalue weighted by Crippen LogP contribution is -2.35. The van der Waals surface area contributed by atoms with Crippen LogP contribution >= 0.6 is 0 Å². The highest BCUT2D eigenvalue weighted by Gasteiger charge is 2.26. The van der Waals surface area contributed by atoms with E-state index in [0.29, 0.717) is 24.5 Å². The molecule has 1 N–H and O–H groups in total. The van der Waals surface area contributed by atoms with Crippen molar-refractivity contribution in [1.82, 2.24) is 5.32 Å². The second kappa shape index (κ2) is 9.98. The fourth-order valence-electron chi connectivity index (χ4n) is 4.49. The van der Waals surface area contributed by atoms with Crippen LogP contribution in [0.4, 0.5) is 0 Å². The van der Waals surface area contributed by atoms with E-state index in [1.165, 1.54) is 12.8 Å². The van der Waals surface area contributed by atoms with Crippen molar-refractivity contribution >= 4 is 12.0 Å². The Labute approximate surface area is 189 Å². The number of hydrogen-bond acceptors (Lipinski definition) is 5. The van der Waals surface area contributed by atoms with Gasteiger partial charge in [0.25, 0.3) is 0 Å². The topological polar surface area (TPSA) is 66.0 Å². The van der Waals surface area contributed by atoms with Crippen LogP contribution in [-0.2, 0) is 4.79 Å². The zero-order valence-electron chi connectivity index (χ0n) is 19.0. The number of ether oxygens (including phenoxy) is 4. The van der Waals surface area contributed by atoms with Crippen molar-refractivity contribution in [2.45, 2.75) is 44.1 Å². The summed E-state index contributed by atoms with van der Waals surface area (Å²) in [5, 5.41) is 3.04. The first-order valence-corrected chi connectivity index (χ1v) is 11.2. The van der Waals surface area contributed by atoms with Gasteiger partial charge in [0.2, 0.25) is 5.91 Å². The van der Waals surface area contributed by atoms with Crippen molar-refractivity contribution in [3.05, 3.63) is 53.1 Å². The second-order valence-corrected chi connectivity index (χ2v) is 8.33. The summed E-state index contributed by atoms with van der Waals surface area (Å²) in [4.78, 5) is 12.6. The summed E-state index contributed by atoms with van der Waals surface area (Å²) in [6.45, 7) is 0.595. The van der Waals surface area contributed by atoms with Gasteiger partial charge in [-0.15, -0.1) is 0 Å². The molecule has 170 valence electrons. The molecular formula is C26H31NO5. The molecule has 0 radical (unpaired) electrons. The van der Waals surface area contributed by atoms with Gasteiger partial charge in [-0.3, -0.25) is 4.79 Å². The normalized spacial score (nSPS) is 20.2. The zero-order chi connectivity index (χ0) is 22.5. The molecule has 6 heteroatoms. The van der Waals surface area contributed by atoms with Gasteiger partial charge in [0.15, 0.2) is 23.0 Å². The van der Waals surface area contributed by atoms with Gasteiger partial charge < -0.3 is 24.3 Å². The van der Waals surface area contributed by atoms with E-state index in [2.05, 4.69) is 17.4 Å². The Hall–Kier alpha value is -3.15. The SMILES string of the molecule is COc1ccc(C=C2CC(c3ccc(OC)c(OC4CCCC4)c3)CNC2=O)cc1OC. The van der Waals surface area contributed by atoms with Crippen LogP contribution in [0.1, 0.15) is 49.1 Å². The maximum Gasteiger partial charge on any atom is 0.247 e. The highest BCUT2D eigenvalue weighted by Crippen LogP contribution is 2.37. The van der Waals surface area contributed by atoms with Crippen LogP contribution in [0, 0.1) is 0 Å². The van der Waals surface area contributed by atoms with Gasteiger partial charge in [0, 0.05) is 18.0 Å². The Morgan fingerprint density at radius 3 is 2.28 bits per heavy atom. The third-order valence-corrected chi connectivity index (χ3v) is 6.27. The number of nitrogens with one attached hydrogen (secondary N) is 1. The van der Waals surface area contributed by atoms with Crippen molar-refractivity contribution in [3.8, 4) is 23.0 Å². The lowest BCUT2D eigenvalue weighted by atomic mass is 9.87. The molecule has 1 amide bonds. The average Bonchev–Trinajstić information content (AvgIpc) is 3.33.